The van der Waals surface area contributed by atoms with Gasteiger partial charge in [0.1, 0.15) is 6.04 Å². The van der Waals surface area contributed by atoms with E-state index in [0.717, 1.165) is 19.2 Å². The molecule has 0 aliphatic carbocycles. The smallest absolute Gasteiger partial charge is 0.342 e. The van der Waals surface area contributed by atoms with Gasteiger partial charge in [-0.3, -0.25) is 0 Å². The number of carbonyl (C=O) groups is 1. The second kappa shape index (κ2) is 4.03. The van der Waals surface area contributed by atoms with Crippen molar-refractivity contribution in [1.82, 2.24) is 10.2 Å². The van der Waals surface area contributed by atoms with Gasteiger partial charge in [-0.15, -0.1) is 0 Å². The molecule has 1 atom stereocenters. The number of hydrogen-bond acceptors (Lipinski definition) is 5. The summed E-state index contributed by atoms with van der Waals surface area (Å²) in [6.07, 6.45) is 2.51. The molecular weight excluding hydrogens is 196 g/mol. The summed E-state index contributed by atoms with van der Waals surface area (Å²) < 4.78 is 21.1. The molecule has 1 rings (SSSR count). The molecule has 1 saturated heterocycles. The summed E-state index contributed by atoms with van der Waals surface area (Å²) in [4.78, 5) is 17.1. The molecule has 2 N–H and O–H groups in total. The highest BCUT2D eigenvalue weighted by atomic mass is 32.2. The minimum Gasteiger partial charge on any atom is -0.354 e. The molecule has 6 nitrogen and oxygen atoms in total. The lowest BCUT2D eigenvalue weighted by molar-refractivity contribution is -0.149. The van der Waals surface area contributed by atoms with Crippen LogP contribution in [0.25, 0.3) is 0 Å². The van der Waals surface area contributed by atoms with Crippen LogP contribution in [0.3, 0.4) is 0 Å². The molecule has 0 aromatic rings. The van der Waals surface area contributed by atoms with Gasteiger partial charge in [0, 0.05) is 0 Å². The number of carbonyl (C=O) groups excluding carboxylic acids is 1. The molecule has 0 saturated carbocycles. The normalized spacial score (nSPS) is 23.0. The van der Waals surface area contributed by atoms with Crippen molar-refractivity contribution in [2.24, 2.45) is 0 Å². The molecule has 0 aromatic heterocycles. The molecule has 76 valence electrons. The summed E-state index contributed by atoms with van der Waals surface area (Å²) in [6, 6.07) is -0.380. The fourth-order valence-electron chi connectivity index (χ4n) is 1.07. The van der Waals surface area contributed by atoms with Crippen LogP contribution in [0.2, 0.25) is 0 Å². The predicted molar refractivity (Wildman–Crippen MR) is 45.1 cm³/mol. The molecule has 7 heteroatoms. The number of rotatable bonds is 3. The van der Waals surface area contributed by atoms with E-state index in [9.17, 15) is 13.2 Å². The fourth-order valence-corrected chi connectivity index (χ4v) is 1.31. The number of hydrogen-bond donors (Lipinski definition) is 2. The molecular formula is C6H12N2O4S. The molecule has 1 heterocycles. The molecule has 0 amide bonds. The topological polar surface area (TPSA) is 84.5 Å². The first kappa shape index (κ1) is 10.4. The van der Waals surface area contributed by atoms with Crippen LogP contribution in [0.4, 0.5) is 0 Å². The largest absolute Gasteiger partial charge is 0.354 e. The SMILES string of the molecule is CS(=O)(=O)NOC(=O)[C@@H]1CCCN1. The Labute approximate surface area is 76.6 Å². The van der Waals surface area contributed by atoms with Crippen molar-refractivity contribution in [3.63, 3.8) is 0 Å². The monoisotopic (exact) mass is 208 g/mol. The molecule has 13 heavy (non-hydrogen) atoms. The fraction of sp³-hybridized carbons (Fsp3) is 0.833. The molecule has 0 bridgehead atoms. The van der Waals surface area contributed by atoms with Crippen molar-refractivity contribution >= 4 is 16.0 Å². The first-order valence-electron chi connectivity index (χ1n) is 3.90. The van der Waals surface area contributed by atoms with Crippen LogP contribution in [-0.2, 0) is 19.7 Å². The van der Waals surface area contributed by atoms with Crippen molar-refractivity contribution in [1.29, 1.82) is 0 Å². The van der Waals surface area contributed by atoms with E-state index in [1.807, 2.05) is 0 Å². The maximum absolute atomic E-state index is 11.1. The lowest BCUT2D eigenvalue weighted by atomic mass is 10.2. The average Bonchev–Trinajstić information content (AvgIpc) is 2.50. The minimum absolute atomic E-state index is 0.380. The van der Waals surface area contributed by atoms with E-state index in [4.69, 9.17) is 0 Å². The van der Waals surface area contributed by atoms with Gasteiger partial charge < -0.3 is 10.2 Å². The zero-order valence-corrected chi connectivity index (χ0v) is 8.06. The summed E-state index contributed by atoms with van der Waals surface area (Å²) in [6.45, 7) is 0.763. The first-order valence-corrected chi connectivity index (χ1v) is 5.79. The van der Waals surface area contributed by atoms with Crippen molar-refractivity contribution in [3.05, 3.63) is 0 Å². The van der Waals surface area contributed by atoms with Crippen molar-refractivity contribution < 1.29 is 18.0 Å². The lowest BCUT2D eigenvalue weighted by Crippen LogP contribution is -2.37. The molecule has 0 unspecified atom stereocenters. The van der Waals surface area contributed by atoms with Crippen LogP contribution >= 0.6 is 0 Å². The second-order valence-electron chi connectivity index (χ2n) is 2.93. The van der Waals surface area contributed by atoms with Gasteiger partial charge in [0.2, 0.25) is 10.0 Å². The van der Waals surface area contributed by atoms with E-state index in [0.29, 0.717) is 6.42 Å². The summed E-state index contributed by atoms with van der Waals surface area (Å²) in [5.74, 6) is -0.581. The van der Waals surface area contributed by atoms with Crippen LogP contribution in [0.5, 0.6) is 0 Å². The zero-order chi connectivity index (χ0) is 9.90. The van der Waals surface area contributed by atoms with E-state index < -0.39 is 16.0 Å². The molecule has 0 spiro atoms. The average molecular weight is 208 g/mol. The van der Waals surface area contributed by atoms with Crippen molar-refractivity contribution in [2.45, 2.75) is 18.9 Å². The maximum Gasteiger partial charge on any atom is 0.342 e. The van der Waals surface area contributed by atoms with Gasteiger partial charge >= 0.3 is 5.97 Å². The van der Waals surface area contributed by atoms with Gasteiger partial charge in [-0.25, -0.2) is 13.2 Å². The van der Waals surface area contributed by atoms with Crippen LogP contribution < -0.4 is 10.2 Å². The van der Waals surface area contributed by atoms with E-state index in [2.05, 4.69) is 10.2 Å². The maximum atomic E-state index is 11.1. The minimum atomic E-state index is -3.47. The van der Waals surface area contributed by atoms with Crippen LogP contribution in [0.1, 0.15) is 12.8 Å². The second-order valence-corrected chi connectivity index (χ2v) is 4.64. The lowest BCUT2D eigenvalue weighted by Gasteiger charge is -2.08. The molecule has 1 aliphatic rings. The van der Waals surface area contributed by atoms with Gasteiger partial charge in [-0.05, 0) is 24.3 Å². The molecule has 1 fully saturated rings. The Morgan fingerprint density at radius 1 is 1.62 bits per heavy atom. The first-order chi connectivity index (χ1) is 5.99. The number of nitrogens with one attached hydrogen (secondary N) is 2. The van der Waals surface area contributed by atoms with E-state index in [1.54, 1.807) is 4.89 Å². The van der Waals surface area contributed by atoms with Gasteiger partial charge in [0.25, 0.3) is 0 Å². The highest BCUT2D eigenvalue weighted by molar-refractivity contribution is 7.88. The highest BCUT2D eigenvalue weighted by Gasteiger charge is 2.24. The van der Waals surface area contributed by atoms with Crippen LogP contribution in [0.15, 0.2) is 0 Å². The summed E-state index contributed by atoms with van der Waals surface area (Å²) >= 11 is 0. The standard InChI is InChI=1S/C6H12N2O4S/c1-13(10,11)8-12-6(9)5-3-2-4-7-5/h5,7-8H,2-4H2,1H3/t5-/m0/s1. The van der Waals surface area contributed by atoms with Crippen molar-refractivity contribution in [3.8, 4) is 0 Å². The van der Waals surface area contributed by atoms with Gasteiger partial charge in [-0.2, -0.15) is 0 Å². The Balaban J connectivity index is 2.33. The van der Waals surface area contributed by atoms with Crippen LogP contribution in [0, 0.1) is 0 Å². The third kappa shape index (κ3) is 3.71. The highest BCUT2D eigenvalue weighted by Crippen LogP contribution is 2.05. The third-order valence-electron chi connectivity index (χ3n) is 1.64. The van der Waals surface area contributed by atoms with E-state index in [1.165, 1.54) is 0 Å². The number of sulfonamides is 1. The molecule has 0 aromatic carbocycles. The van der Waals surface area contributed by atoms with E-state index >= 15 is 0 Å². The van der Waals surface area contributed by atoms with Gasteiger partial charge in [0.05, 0.1) is 6.26 Å². The Morgan fingerprint density at radius 2 is 2.31 bits per heavy atom. The Hall–Kier alpha value is -0.660. The van der Waals surface area contributed by atoms with Gasteiger partial charge in [-0.1, -0.05) is 0 Å². The third-order valence-corrected chi connectivity index (χ3v) is 2.02. The quantitative estimate of drug-likeness (QED) is 0.566. The molecule has 1 aliphatic heterocycles. The summed E-state index contributed by atoms with van der Waals surface area (Å²) in [5.41, 5.74) is 0. The summed E-state index contributed by atoms with van der Waals surface area (Å²) in [5, 5.41) is 2.88. The van der Waals surface area contributed by atoms with Crippen molar-refractivity contribution in [2.75, 3.05) is 12.8 Å². The van der Waals surface area contributed by atoms with E-state index in [-0.39, 0.29) is 6.04 Å². The molecule has 0 radical (unpaired) electrons. The zero-order valence-electron chi connectivity index (χ0n) is 7.24. The summed E-state index contributed by atoms with van der Waals surface area (Å²) in [7, 11) is -3.47. The predicted octanol–water partition coefficient (Wildman–Crippen LogP) is -1.25. The Morgan fingerprint density at radius 3 is 2.77 bits per heavy atom. The Bertz CT molecular complexity index is 281. The van der Waals surface area contributed by atoms with Gasteiger partial charge in [0.15, 0.2) is 0 Å². The van der Waals surface area contributed by atoms with Crippen LogP contribution in [-0.4, -0.2) is 33.2 Å². The Kier molecular flexibility index (Phi) is 3.23.